The molecule has 1 aliphatic rings. The van der Waals surface area contributed by atoms with Crippen molar-refractivity contribution in [1.82, 2.24) is 10.2 Å². The summed E-state index contributed by atoms with van der Waals surface area (Å²) in [5.41, 5.74) is 0.859. The molecule has 1 aromatic rings. The molecule has 0 bridgehead atoms. The van der Waals surface area contributed by atoms with Gasteiger partial charge in [0, 0.05) is 44.4 Å². The van der Waals surface area contributed by atoms with Gasteiger partial charge in [0.25, 0.3) is 0 Å². The van der Waals surface area contributed by atoms with Crippen LogP contribution in [-0.2, 0) is 0 Å². The Morgan fingerprint density at radius 1 is 1.18 bits per heavy atom. The monoisotopic (exact) mass is 352 g/mol. The molecule has 0 amide bonds. The predicted molar refractivity (Wildman–Crippen MR) is 93.2 cm³/mol. The van der Waals surface area contributed by atoms with Crippen molar-refractivity contribution in [2.75, 3.05) is 40.4 Å². The van der Waals surface area contributed by atoms with E-state index in [4.69, 9.17) is 9.47 Å². The molecule has 1 heterocycles. The molecular weight excluding hydrogens is 327 g/mol. The summed E-state index contributed by atoms with van der Waals surface area (Å²) in [5, 5.41) is 13.7. The lowest BCUT2D eigenvalue weighted by Gasteiger charge is -2.35. The normalized spacial score (nSPS) is 16.1. The van der Waals surface area contributed by atoms with Crippen molar-refractivity contribution in [3.63, 3.8) is 0 Å². The van der Waals surface area contributed by atoms with E-state index in [9.17, 15) is 5.11 Å². The standard InChI is InChI=1S/C15H24N2O3.2ClH/c1-4-12(17-7-5-16-6-8-17)15-13(18)9-11(19-2)10-14(15)20-3;;/h9-10,12,16,18H,4-8H2,1-3H3;2*1H/t12-;;/m1../s1. The Morgan fingerprint density at radius 3 is 2.32 bits per heavy atom. The predicted octanol–water partition coefficient (Wildman–Crippen LogP) is 2.61. The van der Waals surface area contributed by atoms with Crippen molar-refractivity contribution in [3.05, 3.63) is 17.7 Å². The van der Waals surface area contributed by atoms with Gasteiger partial charge in [-0.05, 0) is 6.42 Å². The van der Waals surface area contributed by atoms with E-state index in [1.54, 1.807) is 20.3 Å². The summed E-state index contributed by atoms with van der Waals surface area (Å²) in [6.07, 6.45) is 0.927. The number of aromatic hydroxyl groups is 1. The van der Waals surface area contributed by atoms with Crippen LogP contribution in [0.4, 0.5) is 0 Å². The lowest BCUT2D eigenvalue weighted by molar-refractivity contribution is 0.163. The molecule has 0 aliphatic carbocycles. The molecule has 1 fully saturated rings. The number of piperazine rings is 1. The van der Waals surface area contributed by atoms with Crippen LogP contribution in [0.1, 0.15) is 24.9 Å². The van der Waals surface area contributed by atoms with Gasteiger partial charge in [-0.25, -0.2) is 0 Å². The summed E-state index contributed by atoms with van der Waals surface area (Å²) >= 11 is 0. The zero-order chi connectivity index (χ0) is 14.5. The van der Waals surface area contributed by atoms with Crippen molar-refractivity contribution in [2.45, 2.75) is 19.4 Å². The van der Waals surface area contributed by atoms with Crippen LogP contribution in [0, 0.1) is 0 Å². The molecule has 5 nitrogen and oxygen atoms in total. The van der Waals surface area contributed by atoms with Gasteiger partial charge in [0.2, 0.25) is 0 Å². The van der Waals surface area contributed by atoms with Crippen LogP contribution >= 0.6 is 24.8 Å². The van der Waals surface area contributed by atoms with Crippen molar-refractivity contribution < 1.29 is 14.6 Å². The molecular formula is C15H26Cl2N2O3. The number of halogens is 2. The molecule has 0 saturated carbocycles. The van der Waals surface area contributed by atoms with Crippen LogP contribution in [0.2, 0.25) is 0 Å². The van der Waals surface area contributed by atoms with Crippen LogP contribution in [0.5, 0.6) is 17.2 Å². The molecule has 1 aromatic carbocycles. The van der Waals surface area contributed by atoms with Crippen LogP contribution in [0.15, 0.2) is 12.1 Å². The SMILES string of the molecule is CC[C@H](c1c(O)cc(OC)cc1OC)N1CCNCC1.Cl.Cl. The van der Waals surface area contributed by atoms with Crippen molar-refractivity contribution in [1.29, 1.82) is 0 Å². The number of methoxy groups -OCH3 is 2. The van der Waals surface area contributed by atoms with E-state index in [0.29, 0.717) is 11.5 Å². The second-order valence-electron chi connectivity index (χ2n) is 4.97. The van der Waals surface area contributed by atoms with E-state index in [-0.39, 0.29) is 36.6 Å². The zero-order valence-corrected chi connectivity index (χ0v) is 14.9. The van der Waals surface area contributed by atoms with E-state index in [2.05, 4.69) is 17.1 Å². The van der Waals surface area contributed by atoms with Gasteiger partial charge in [0.1, 0.15) is 17.2 Å². The Morgan fingerprint density at radius 2 is 1.82 bits per heavy atom. The first kappa shape index (κ1) is 21.1. The minimum Gasteiger partial charge on any atom is -0.507 e. The quantitative estimate of drug-likeness (QED) is 0.852. The smallest absolute Gasteiger partial charge is 0.131 e. The first-order chi connectivity index (χ1) is 9.71. The van der Waals surface area contributed by atoms with Gasteiger partial charge in [-0.2, -0.15) is 0 Å². The second kappa shape index (κ2) is 10.0. The minimum absolute atomic E-state index is 0. The van der Waals surface area contributed by atoms with Crippen LogP contribution in [0.25, 0.3) is 0 Å². The third-order valence-corrected chi connectivity index (χ3v) is 3.86. The zero-order valence-electron chi connectivity index (χ0n) is 13.3. The molecule has 1 atom stereocenters. The number of nitrogens with zero attached hydrogens (tertiary/aromatic N) is 1. The van der Waals surface area contributed by atoms with Gasteiger partial charge >= 0.3 is 0 Å². The average molecular weight is 353 g/mol. The van der Waals surface area contributed by atoms with Crippen LogP contribution < -0.4 is 14.8 Å². The minimum atomic E-state index is 0. The highest BCUT2D eigenvalue weighted by atomic mass is 35.5. The first-order valence-electron chi connectivity index (χ1n) is 7.10. The van der Waals surface area contributed by atoms with Gasteiger partial charge in [-0.15, -0.1) is 24.8 Å². The van der Waals surface area contributed by atoms with E-state index >= 15 is 0 Å². The summed E-state index contributed by atoms with van der Waals surface area (Å²) in [5.74, 6) is 1.54. The number of nitrogens with one attached hydrogen (secondary N) is 1. The van der Waals surface area contributed by atoms with E-state index < -0.39 is 0 Å². The molecule has 1 aliphatic heterocycles. The Balaban J connectivity index is 0.00000220. The lowest BCUT2D eigenvalue weighted by atomic mass is 9.99. The number of hydrogen-bond donors (Lipinski definition) is 2. The number of hydrogen-bond acceptors (Lipinski definition) is 5. The Bertz CT molecular complexity index is 455. The maximum atomic E-state index is 10.4. The molecule has 0 aromatic heterocycles. The van der Waals surface area contributed by atoms with Gasteiger partial charge in [-0.3, -0.25) is 4.90 Å². The summed E-state index contributed by atoms with van der Waals surface area (Å²) in [6, 6.07) is 3.65. The summed E-state index contributed by atoms with van der Waals surface area (Å²) in [7, 11) is 3.21. The van der Waals surface area contributed by atoms with E-state index in [1.807, 2.05) is 6.07 Å². The average Bonchev–Trinajstić information content (AvgIpc) is 2.50. The van der Waals surface area contributed by atoms with Gasteiger partial charge < -0.3 is 19.9 Å². The van der Waals surface area contributed by atoms with Gasteiger partial charge in [0.05, 0.1) is 19.8 Å². The fourth-order valence-corrected chi connectivity index (χ4v) is 2.85. The summed E-state index contributed by atoms with van der Waals surface area (Å²) < 4.78 is 10.6. The van der Waals surface area contributed by atoms with Crippen LogP contribution in [0.3, 0.4) is 0 Å². The maximum absolute atomic E-state index is 10.4. The molecule has 0 radical (unpaired) electrons. The van der Waals surface area contributed by atoms with Crippen molar-refractivity contribution in [2.24, 2.45) is 0 Å². The fraction of sp³-hybridized carbons (Fsp3) is 0.600. The van der Waals surface area contributed by atoms with Gasteiger partial charge in [-0.1, -0.05) is 6.92 Å². The second-order valence-corrected chi connectivity index (χ2v) is 4.97. The first-order valence-corrected chi connectivity index (χ1v) is 7.10. The number of phenolic OH excluding ortho intramolecular Hbond substituents is 1. The number of phenols is 1. The molecule has 22 heavy (non-hydrogen) atoms. The molecule has 1 saturated heterocycles. The van der Waals surface area contributed by atoms with E-state index in [1.165, 1.54) is 0 Å². The molecule has 7 heteroatoms. The van der Waals surface area contributed by atoms with Crippen molar-refractivity contribution in [3.8, 4) is 17.2 Å². The van der Waals surface area contributed by atoms with Crippen LogP contribution in [-0.4, -0.2) is 50.4 Å². The molecule has 2 N–H and O–H groups in total. The Labute approximate surface area is 144 Å². The topological polar surface area (TPSA) is 54.0 Å². The molecule has 2 rings (SSSR count). The fourth-order valence-electron chi connectivity index (χ4n) is 2.85. The third-order valence-electron chi connectivity index (χ3n) is 3.86. The van der Waals surface area contributed by atoms with E-state index in [0.717, 1.165) is 38.2 Å². The molecule has 0 spiro atoms. The molecule has 128 valence electrons. The molecule has 0 unspecified atom stereocenters. The maximum Gasteiger partial charge on any atom is 0.131 e. The number of rotatable bonds is 5. The van der Waals surface area contributed by atoms with Crippen molar-refractivity contribution >= 4 is 24.8 Å². The highest BCUT2D eigenvalue weighted by Crippen LogP contribution is 2.41. The number of ether oxygens (including phenoxy) is 2. The third kappa shape index (κ3) is 4.56. The highest BCUT2D eigenvalue weighted by molar-refractivity contribution is 5.85. The largest absolute Gasteiger partial charge is 0.507 e. The Kier molecular flexibility index (Phi) is 9.60. The number of benzene rings is 1. The van der Waals surface area contributed by atoms with Gasteiger partial charge in [0.15, 0.2) is 0 Å². The highest BCUT2D eigenvalue weighted by Gasteiger charge is 2.26. The summed E-state index contributed by atoms with van der Waals surface area (Å²) in [6.45, 7) is 6.06. The lowest BCUT2D eigenvalue weighted by Crippen LogP contribution is -2.45. The Hall–Kier alpha value is -0.880. The summed E-state index contributed by atoms with van der Waals surface area (Å²) in [4.78, 5) is 2.39.